The number of carbonyl (C=O) groups excluding carboxylic acids is 1. The molecule has 0 heterocycles. The Kier molecular flexibility index (Phi) is 4.37. The van der Waals surface area contributed by atoms with Crippen LogP contribution < -0.4 is 15.8 Å². The minimum Gasteiger partial charge on any atom is -0.495 e. The second kappa shape index (κ2) is 6.21. The normalized spacial score (nSPS) is 10.2. The molecule has 0 bridgehead atoms. The maximum atomic E-state index is 13.5. The van der Waals surface area contributed by atoms with Gasteiger partial charge in [0.05, 0.1) is 19.2 Å². The third kappa shape index (κ3) is 3.68. The highest BCUT2D eigenvalue weighted by Crippen LogP contribution is 2.25. The van der Waals surface area contributed by atoms with Gasteiger partial charge >= 0.3 is 0 Å². The number of nitrogen functional groups attached to an aromatic ring is 1. The third-order valence-corrected chi connectivity index (χ3v) is 2.88. The van der Waals surface area contributed by atoms with Gasteiger partial charge < -0.3 is 15.8 Å². The van der Waals surface area contributed by atoms with E-state index in [0.29, 0.717) is 17.1 Å². The van der Waals surface area contributed by atoms with Crippen molar-refractivity contribution >= 4 is 17.3 Å². The molecule has 2 rings (SSSR count). The zero-order chi connectivity index (χ0) is 15.4. The fraction of sp³-hybridized carbons (Fsp3) is 0.133. The third-order valence-electron chi connectivity index (χ3n) is 2.88. The zero-order valence-corrected chi connectivity index (χ0v) is 11.3. The molecular formula is C15H14F2N2O2. The summed E-state index contributed by atoms with van der Waals surface area (Å²) in [5.74, 6) is -1.42. The Balaban J connectivity index is 2.08. The number of amides is 1. The molecule has 0 atom stereocenters. The van der Waals surface area contributed by atoms with E-state index in [1.54, 1.807) is 18.2 Å². The number of nitrogens with two attached hydrogens (primary N) is 1. The summed E-state index contributed by atoms with van der Waals surface area (Å²) < 4.78 is 31.3. The number of ether oxygens (including phenoxy) is 1. The lowest BCUT2D eigenvalue weighted by Crippen LogP contribution is -2.15. The first-order chi connectivity index (χ1) is 9.99. The molecule has 1 amide bonds. The van der Waals surface area contributed by atoms with Crippen LogP contribution in [0.25, 0.3) is 0 Å². The van der Waals surface area contributed by atoms with Crippen LogP contribution in [0.3, 0.4) is 0 Å². The van der Waals surface area contributed by atoms with Crippen molar-refractivity contribution in [3.05, 3.63) is 53.6 Å². The van der Waals surface area contributed by atoms with E-state index < -0.39 is 17.5 Å². The summed E-state index contributed by atoms with van der Waals surface area (Å²) in [5.41, 5.74) is 6.71. The van der Waals surface area contributed by atoms with E-state index in [0.717, 1.165) is 12.1 Å². The fourth-order valence-electron chi connectivity index (χ4n) is 1.83. The predicted molar refractivity (Wildman–Crippen MR) is 76.1 cm³/mol. The van der Waals surface area contributed by atoms with Crippen LogP contribution >= 0.6 is 0 Å². The smallest absolute Gasteiger partial charge is 0.228 e. The van der Waals surface area contributed by atoms with E-state index in [1.165, 1.54) is 13.2 Å². The number of benzene rings is 2. The fourth-order valence-corrected chi connectivity index (χ4v) is 1.83. The van der Waals surface area contributed by atoms with Gasteiger partial charge in [0.15, 0.2) is 0 Å². The summed E-state index contributed by atoms with van der Waals surface area (Å²) in [5, 5.41) is 2.60. The second-order valence-corrected chi connectivity index (χ2v) is 4.42. The lowest BCUT2D eigenvalue weighted by Gasteiger charge is -2.09. The van der Waals surface area contributed by atoms with Gasteiger partial charge in [0.2, 0.25) is 5.91 Å². The van der Waals surface area contributed by atoms with Crippen LogP contribution in [0.15, 0.2) is 36.4 Å². The van der Waals surface area contributed by atoms with Crippen molar-refractivity contribution in [2.75, 3.05) is 18.2 Å². The van der Waals surface area contributed by atoms with Crippen LogP contribution in [0.4, 0.5) is 20.2 Å². The molecule has 3 N–H and O–H groups in total. The average Bonchev–Trinajstić information content (AvgIpc) is 2.44. The van der Waals surface area contributed by atoms with Crippen molar-refractivity contribution in [3.8, 4) is 5.75 Å². The van der Waals surface area contributed by atoms with Crippen LogP contribution in [0, 0.1) is 11.6 Å². The van der Waals surface area contributed by atoms with E-state index in [9.17, 15) is 13.6 Å². The molecule has 0 aromatic heterocycles. The Morgan fingerprint density at radius 1 is 1.24 bits per heavy atom. The summed E-state index contributed by atoms with van der Waals surface area (Å²) >= 11 is 0. The molecule has 0 aliphatic carbocycles. The Morgan fingerprint density at radius 3 is 2.67 bits per heavy atom. The first-order valence-corrected chi connectivity index (χ1v) is 6.17. The lowest BCUT2D eigenvalue weighted by molar-refractivity contribution is -0.115. The van der Waals surface area contributed by atoms with Crippen molar-refractivity contribution in [2.45, 2.75) is 6.42 Å². The van der Waals surface area contributed by atoms with Crippen LogP contribution in [0.1, 0.15) is 5.56 Å². The molecule has 21 heavy (non-hydrogen) atoms. The van der Waals surface area contributed by atoms with Crippen molar-refractivity contribution in [2.24, 2.45) is 0 Å². The molecule has 0 aliphatic rings. The predicted octanol–water partition coefficient (Wildman–Crippen LogP) is 2.74. The number of rotatable bonds is 4. The maximum Gasteiger partial charge on any atom is 0.228 e. The van der Waals surface area contributed by atoms with Crippen LogP contribution in [-0.2, 0) is 11.2 Å². The van der Waals surface area contributed by atoms with Crippen molar-refractivity contribution in [3.63, 3.8) is 0 Å². The van der Waals surface area contributed by atoms with E-state index in [1.807, 2.05) is 0 Å². The lowest BCUT2D eigenvalue weighted by atomic mass is 10.1. The van der Waals surface area contributed by atoms with Gasteiger partial charge in [-0.2, -0.15) is 0 Å². The van der Waals surface area contributed by atoms with Gasteiger partial charge in [0, 0.05) is 17.8 Å². The number of carbonyl (C=O) groups is 1. The molecule has 0 radical (unpaired) electrons. The molecule has 6 heteroatoms. The Labute approximate surface area is 120 Å². The highest BCUT2D eigenvalue weighted by molar-refractivity contribution is 5.92. The van der Waals surface area contributed by atoms with Gasteiger partial charge in [0.1, 0.15) is 17.4 Å². The molecule has 0 saturated carbocycles. The first-order valence-electron chi connectivity index (χ1n) is 6.17. The molecule has 0 fully saturated rings. The second-order valence-electron chi connectivity index (χ2n) is 4.42. The Hall–Kier alpha value is -2.63. The van der Waals surface area contributed by atoms with Gasteiger partial charge in [-0.15, -0.1) is 0 Å². The minimum absolute atomic E-state index is 0.122. The minimum atomic E-state index is -0.750. The molecule has 2 aromatic rings. The van der Waals surface area contributed by atoms with E-state index in [2.05, 4.69) is 5.32 Å². The first kappa shape index (κ1) is 14.8. The van der Waals surface area contributed by atoms with Gasteiger partial charge in [-0.1, -0.05) is 6.07 Å². The van der Waals surface area contributed by atoms with Gasteiger partial charge in [0.25, 0.3) is 0 Å². The largest absolute Gasteiger partial charge is 0.495 e. The monoisotopic (exact) mass is 292 g/mol. The van der Waals surface area contributed by atoms with Crippen molar-refractivity contribution in [1.29, 1.82) is 0 Å². The number of hydrogen-bond acceptors (Lipinski definition) is 3. The SMILES string of the molecule is COc1cc(NC(=O)Cc2ccc(F)cc2F)ccc1N. The topological polar surface area (TPSA) is 64.3 Å². The van der Waals surface area contributed by atoms with Crippen molar-refractivity contribution < 1.29 is 18.3 Å². The number of hydrogen-bond donors (Lipinski definition) is 2. The summed E-state index contributed by atoms with van der Waals surface area (Å²) in [6.07, 6.45) is -0.196. The molecule has 0 saturated heterocycles. The van der Waals surface area contributed by atoms with Crippen molar-refractivity contribution in [1.82, 2.24) is 0 Å². The summed E-state index contributed by atoms with van der Waals surface area (Å²) in [4.78, 5) is 11.9. The molecule has 110 valence electrons. The van der Waals surface area contributed by atoms with Gasteiger partial charge in [-0.25, -0.2) is 8.78 Å². The summed E-state index contributed by atoms with van der Waals surface area (Å²) in [6.45, 7) is 0. The van der Waals surface area contributed by atoms with E-state index >= 15 is 0 Å². The molecule has 2 aromatic carbocycles. The van der Waals surface area contributed by atoms with Crippen LogP contribution in [0.5, 0.6) is 5.75 Å². The van der Waals surface area contributed by atoms with Crippen LogP contribution in [0.2, 0.25) is 0 Å². The summed E-state index contributed by atoms with van der Waals surface area (Å²) in [7, 11) is 1.46. The molecule has 0 spiro atoms. The quantitative estimate of drug-likeness (QED) is 0.852. The summed E-state index contributed by atoms with van der Waals surface area (Å²) in [6, 6.07) is 7.86. The zero-order valence-electron chi connectivity index (χ0n) is 11.3. The van der Waals surface area contributed by atoms with E-state index in [-0.39, 0.29) is 12.0 Å². The van der Waals surface area contributed by atoms with Gasteiger partial charge in [-0.3, -0.25) is 4.79 Å². The number of halogens is 2. The average molecular weight is 292 g/mol. The van der Waals surface area contributed by atoms with E-state index in [4.69, 9.17) is 10.5 Å². The van der Waals surface area contributed by atoms with Crippen LogP contribution in [-0.4, -0.2) is 13.0 Å². The molecular weight excluding hydrogens is 278 g/mol. The maximum absolute atomic E-state index is 13.5. The number of methoxy groups -OCH3 is 1. The number of nitrogens with one attached hydrogen (secondary N) is 1. The molecule has 4 nitrogen and oxygen atoms in total. The highest BCUT2D eigenvalue weighted by Gasteiger charge is 2.10. The highest BCUT2D eigenvalue weighted by atomic mass is 19.1. The van der Waals surface area contributed by atoms with Gasteiger partial charge in [-0.05, 0) is 23.8 Å². The Morgan fingerprint density at radius 2 is 2.00 bits per heavy atom. The number of anilines is 2. The molecule has 0 aliphatic heterocycles. The standard InChI is InChI=1S/C15H14F2N2O2/c1-21-14-8-11(4-5-13(14)18)19-15(20)6-9-2-3-10(16)7-12(9)17/h2-5,7-8H,6,18H2,1H3,(H,19,20). The Bertz CT molecular complexity index is 675. The molecule has 0 unspecified atom stereocenters.